The van der Waals surface area contributed by atoms with Gasteiger partial charge in [0.2, 0.25) is 0 Å². The second-order valence-corrected chi connectivity index (χ2v) is 6.43. The van der Waals surface area contributed by atoms with Crippen LogP contribution < -0.4 is 5.73 Å². The average Bonchev–Trinajstić information content (AvgIpc) is 2.81. The molecule has 0 saturated heterocycles. The molecular weight excluding hydrogens is 374 g/mol. The number of benzene rings is 2. The van der Waals surface area contributed by atoms with E-state index in [-0.39, 0.29) is 0 Å². The van der Waals surface area contributed by atoms with Crippen LogP contribution in [-0.4, -0.2) is 44.6 Å². The predicted octanol–water partition coefficient (Wildman–Crippen LogP) is 5.01. The van der Waals surface area contributed by atoms with Crippen LogP contribution in [0, 0.1) is 0 Å². The lowest BCUT2D eigenvalue weighted by Crippen LogP contribution is -1.93. The van der Waals surface area contributed by atoms with E-state index < -0.39 is 0 Å². The smallest absolute Gasteiger partial charge is 0.150 e. The molecule has 0 spiro atoms. The summed E-state index contributed by atoms with van der Waals surface area (Å²) < 4.78 is 0. The average molecular weight is 410 g/mol. The van der Waals surface area contributed by atoms with E-state index in [0.717, 1.165) is 62.6 Å². The summed E-state index contributed by atoms with van der Waals surface area (Å²) in [4.78, 5) is 28.8. The molecule has 0 aromatic heterocycles. The fourth-order valence-corrected chi connectivity index (χ4v) is 1.92. The highest BCUT2D eigenvalue weighted by atomic mass is 16.1. The highest BCUT2D eigenvalue weighted by Gasteiger charge is 1.90. The summed E-state index contributed by atoms with van der Waals surface area (Å²) in [5.41, 5.74) is 8.51. The molecule has 0 unspecified atom stereocenters. The van der Waals surface area contributed by atoms with Crippen molar-refractivity contribution in [3.63, 3.8) is 0 Å². The van der Waals surface area contributed by atoms with Crippen molar-refractivity contribution in [2.24, 2.45) is 15.7 Å². The van der Waals surface area contributed by atoms with E-state index in [1.165, 1.54) is 0 Å². The minimum absolute atomic E-state index is 0.589. The largest absolute Gasteiger partial charge is 0.330 e. The Bertz CT molecular complexity index is 672. The van der Waals surface area contributed by atoms with Gasteiger partial charge in [0.15, 0.2) is 0 Å². The van der Waals surface area contributed by atoms with Crippen molar-refractivity contribution in [2.45, 2.75) is 40.0 Å². The van der Waals surface area contributed by atoms with Crippen molar-refractivity contribution in [1.29, 1.82) is 0 Å². The molecule has 30 heavy (non-hydrogen) atoms. The zero-order valence-electron chi connectivity index (χ0n) is 18.5. The molecule has 2 rings (SSSR count). The van der Waals surface area contributed by atoms with Crippen LogP contribution in [0.5, 0.6) is 0 Å². The molecule has 2 aromatic rings. The Kier molecular flexibility index (Phi) is 17.5. The second kappa shape index (κ2) is 19.4. The molecule has 0 fully saturated rings. The maximum absolute atomic E-state index is 10.1. The van der Waals surface area contributed by atoms with E-state index in [1.807, 2.05) is 12.4 Å². The first-order chi connectivity index (χ1) is 14.6. The van der Waals surface area contributed by atoms with E-state index in [9.17, 15) is 9.59 Å². The lowest BCUT2D eigenvalue weighted by atomic mass is 10.1. The van der Waals surface area contributed by atoms with E-state index >= 15 is 0 Å². The first-order valence-electron chi connectivity index (χ1n) is 10.4. The van der Waals surface area contributed by atoms with Gasteiger partial charge in [0.25, 0.3) is 0 Å². The van der Waals surface area contributed by atoms with Gasteiger partial charge in [-0.05, 0) is 36.9 Å². The molecule has 0 amide bonds. The van der Waals surface area contributed by atoms with Crippen LogP contribution in [0.1, 0.15) is 71.9 Å². The van der Waals surface area contributed by atoms with Gasteiger partial charge in [-0.1, -0.05) is 69.3 Å². The molecule has 5 heteroatoms. The number of hydrogen-bond acceptors (Lipinski definition) is 5. The van der Waals surface area contributed by atoms with Gasteiger partial charge in [-0.3, -0.25) is 19.6 Å². The van der Waals surface area contributed by atoms with Crippen molar-refractivity contribution < 1.29 is 9.59 Å². The van der Waals surface area contributed by atoms with Gasteiger partial charge in [0.1, 0.15) is 12.6 Å². The molecule has 0 atom stereocenters. The normalized spacial score (nSPS) is 10.1. The van der Waals surface area contributed by atoms with Crippen LogP contribution in [0.3, 0.4) is 0 Å². The molecule has 0 aliphatic heterocycles. The molecule has 2 N–H and O–H groups in total. The lowest BCUT2D eigenvalue weighted by molar-refractivity contribution is 0.111. The maximum Gasteiger partial charge on any atom is 0.150 e. The number of aldehydes is 2. The Labute approximate surface area is 181 Å². The number of aliphatic imine (C=N–C) groups is 2. The monoisotopic (exact) mass is 409 g/mol. The van der Waals surface area contributed by atoms with E-state index in [0.29, 0.717) is 11.1 Å². The van der Waals surface area contributed by atoms with E-state index in [2.05, 4.69) is 55.0 Å². The van der Waals surface area contributed by atoms with Gasteiger partial charge in [0, 0.05) is 36.6 Å². The number of carbonyl (C=O) groups is 2. The Hall–Kier alpha value is -2.92. The number of hydrogen-bond donors (Lipinski definition) is 1. The van der Waals surface area contributed by atoms with E-state index in [4.69, 9.17) is 5.73 Å². The van der Waals surface area contributed by atoms with Crippen molar-refractivity contribution in [3.8, 4) is 0 Å². The van der Waals surface area contributed by atoms with Crippen molar-refractivity contribution in [1.82, 2.24) is 0 Å². The minimum atomic E-state index is 0.589. The SMILES string of the molecule is CCCN.CCCN=Cc1ccc(C=NCCC)cc1.O=Cc1ccc(C=O)cc1. The van der Waals surface area contributed by atoms with Gasteiger partial charge in [0.05, 0.1) is 0 Å². The summed E-state index contributed by atoms with van der Waals surface area (Å²) >= 11 is 0. The highest BCUT2D eigenvalue weighted by molar-refractivity contribution is 5.84. The Morgan fingerprint density at radius 1 is 0.633 bits per heavy atom. The lowest BCUT2D eigenvalue weighted by Gasteiger charge is -1.95. The quantitative estimate of drug-likeness (QED) is 0.466. The van der Waals surface area contributed by atoms with Crippen molar-refractivity contribution in [2.75, 3.05) is 19.6 Å². The first-order valence-corrected chi connectivity index (χ1v) is 10.4. The predicted molar refractivity (Wildman–Crippen MR) is 129 cm³/mol. The Morgan fingerprint density at radius 3 is 1.17 bits per heavy atom. The number of nitrogens with zero attached hydrogens (tertiary/aromatic N) is 2. The van der Waals surface area contributed by atoms with Crippen LogP contribution in [0.25, 0.3) is 0 Å². The van der Waals surface area contributed by atoms with Gasteiger partial charge < -0.3 is 5.73 Å². The molecule has 0 aliphatic rings. The summed E-state index contributed by atoms with van der Waals surface area (Å²) in [6.45, 7) is 8.94. The molecule has 0 saturated carbocycles. The van der Waals surface area contributed by atoms with E-state index in [1.54, 1.807) is 24.3 Å². The zero-order chi connectivity index (χ0) is 22.5. The zero-order valence-corrected chi connectivity index (χ0v) is 18.5. The number of rotatable bonds is 9. The molecule has 162 valence electrons. The maximum atomic E-state index is 10.1. The van der Waals surface area contributed by atoms with Gasteiger partial charge in [-0.15, -0.1) is 0 Å². The Balaban J connectivity index is 0.000000510. The third kappa shape index (κ3) is 14.1. The number of nitrogens with two attached hydrogens (primary N) is 1. The topological polar surface area (TPSA) is 84.9 Å². The third-order valence-electron chi connectivity index (χ3n) is 3.62. The van der Waals surface area contributed by atoms with Gasteiger partial charge in [-0.2, -0.15) is 0 Å². The molecular formula is C25H35N3O2. The van der Waals surface area contributed by atoms with Crippen LogP contribution in [0.15, 0.2) is 58.5 Å². The van der Waals surface area contributed by atoms with Crippen LogP contribution >= 0.6 is 0 Å². The van der Waals surface area contributed by atoms with Crippen molar-refractivity contribution >= 4 is 25.0 Å². The molecule has 2 aromatic carbocycles. The summed E-state index contributed by atoms with van der Waals surface area (Å²) in [5, 5.41) is 0. The van der Waals surface area contributed by atoms with Crippen LogP contribution in [0.2, 0.25) is 0 Å². The summed E-state index contributed by atoms with van der Waals surface area (Å²) in [6, 6.07) is 14.7. The van der Waals surface area contributed by atoms with Gasteiger partial charge >= 0.3 is 0 Å². The fraction of sp³-hybridized carbons (Fsp3) is 0.360. The molecule has 5 nitrogen and oxygen atoms in total. The van der Waals surface area contributed by atoms with Crippen LogP contribution in [0.4, 0.5) is 0 Å². The standard InChI is InChI=1S/C14H20N2.C8H6O2.C3H9N/c1-3-9-15-11-13-5-7-14(8-6-13)12-16-10-4-2;9-5-7-1-2-8(6-10)4-3-7;1-2-3-4/h5-8,11-12H,3-4,9-10H2,1-2H3;1-6H;2-4H2,1H3. The van der Waals surface area contributed by atoms with Gasteiger partial charge in [-0.25, -0.2) is 0 Å². The summed E-state index contributed by atoms with van der Waals surface area (Å²) in [7, 11) is 0. The fourth-order valence-electron chi connectivity index (χ4n) is 1.92. The first kappa shape index (κ1) is 27.1. The van der Waals surface area contributed by atoms with Crippen LogP contribution in [-0.2, 0) is 0 Å². The summed E-state index contributed by atoms with van der Waals surface area (Å²) in [6.07, 6.45) is 8.63. The molecule has 0 bridgehead atoms. The number of carbonyl (C=O) groups excluding carboxylic acids is 2. The summed E-state index contributed by atoms with van der Waals surface area (Å²) in [5.74, 6) is 0. The molecule has 0 radical (unpaired) electrons. The molecule has 0 aliphatic carbocycles. The second-order valence-electron chi connectivity index (χ2n) is 6.43. The Morgan fingerprint density at radius 2 is 0.933 bits per heavy atom. The highest BCUT2D eigenvalue weighted by Crippen LogP contribution is 2.01. The minimum Gasteiger partial charge on any atom is -0.330 e. The van der Waals surface area contributed by atoms with Crippen molar-refractivity contribution in [3.05, 3.63) is 70.8 Å². The molecule has 0 heterocycles. The third-order valence-corrected chi connectivity index (χ3v) is 3.62.